The number of aromatic nitrogens is 1. The van der Waals surface area contributed by atoms with Gasteiger partial charge in [-0.25, -0.2) is 9.78 Å². The molecular formula is C10H14N2O3S. The van der Waals surface area contributed by atoms with Crippen molar-refractivity contribution in [2.24, 2.45) is 5.73 Å². The predicted octanol–water partition coefficient (Wildman–Crippen LogP) is 1.15. The summed E-state index contributed by atoms with van der Waals surface area (Å²) in [6.45, 7) is 2.50. The number of nitrogens with zero attached hydrogens (tertiary/aromatic N) is 1. The summed E-state index contributed by atoms with van der Waals surface area (Å²) in [5.41, 5.74) is 5.63. The van der Waals surface area contributed by atoms with Gasteiger partial charge in [0.05, 0.1) is 13.2 Å². The van der Waals surface area contributed by atoms with Gasteiger partial charge in [-0.05, 0) is 13.0 Å². The van der Waals surface area contributed by atoms with E-state index in [0.717, 1.165) is 9.88 Å². The molecule has 0 unspecified atom stereocenters. The van der Waals surface area contributed by atoms with E-state index in [-0.39, 0.29) is 5.70 Å². The summed E-state index contributed by atoms with van der Waals surface area (Å²) in [7, 11) is 1.60. The molecular weight excluding hydrogens is 228 g/mol. The minimum Gasteiger partial charge on any atom is -0.461 e. The highest BCUT2D eigenvalue weighted by molar-refractivity contribution is 7.12. The minimum atomic E-state index is -0.510. The number of hydrogen-bond acceptors (Lipinski definition) is 6. The van der Waals surface area contributed by atoms with Crippen LogP contribution in [0.1, 0.15) is 16.8 Å². The van der Waals surface area contributed by atoms with Gasteiger partial charge in [0.2, 0.25) is 0 Å². The summed E-state index contributed by atoms with van der Waals surface area (Å²) in [4.78, 5) is 16.1. The van der Waals surface area contributed by atoms with Crippen LogP contribution in [0.25, 0.3) is 6.08 Å². The second-order valence-electron chi connectivity index (χ2n) is 2.91. The molecule has 5 nitrogen and oxygen atoms in total. The molecule has 6 heteroatoms. The van der Waals surface area contributed by atoms with Crippen LogP contribution in [0.3, 0.4) is 0 Å². The lowest BCUT2D eigenvalue weighted by atomic mass is 10.4. The van der Waals surface area contributed by atoms with Crippen LogP contribution in [0, 0.1) is 0 Å². The van der Waals surface area contributed by atoms with E-state index in [0.29, 0.717) is 13.2 Å². The number of carbonyl (C=O) groups excluding carboxylic acids is 1. The average molecular weight is 242 g/mol. The van der Waals surface area contributed by atoms with Gasteiger partial charge >= 0.3 is 5.97 Å². The zero-order valence-corrected chi connectivity index (χ0v) is 10.0. The quantitative estimate of drug-likeness (QED) is 0.619. The van der Waals surface area contributed by atoms with Crippen molar-refractivity contribution in [3.8, 4) is 0 Å². The molecule has 1 heterocycles. The second-order valence-corrected chi connectivity index (χ2v) is 4.06. The van der Waals surface area contributed by atoms with Crippen LogP contribution in [0.4, 0.5) is 0 Å². The number of carbonyl (C=O) groups is 1. The van der Waals surface area contributed by atoms with Crippen LogP contribution in [0.2, 0.25) is 0 Å². The van der Waals surface area contributed by atoms with E-state index in [1.54, 1.807) is 26.3 Å². The molecule has 0 saturated carbocycles. The minimum absolute atomic E-state index is 0.0782. The van der Waals surface area contributed by atoms with E-state index < -0.39 is 5.97 Å². The molecule has 0 aliphatic heterocycles. The Bertz CT molecular complexity index is 387. The third-order valence-corrected chi connectivity index (χ3v) is 2.57. The highest BCUT2D eigenvalue weighted by atomic mass is 32.1. The first kappa shape index (κ1) is 12.7. The number of hydrogen-bond donors (Lipinski definition) is 1. The van der Waals surface area contributed by atoms with Crippen molar-refractivity contribution in [1.82, 2.24) is 4.98 Å². The van der Waals surface area contributed by atoms with Gasteiger partial charge in [-0.2, -0.15) is 0 Å². The van der Waals surface area contributed by atoms with E-state index in [2.05, 4.69) is 4.98 Å². The molecule has 16 heavy (non-hydrogen) atoms. The Morgan fingerprint density at radius 1 is 1.69 bits per heavy atom. The van der Waals surface area contributed by atoms with Crippen molar-refractivity contribution in [3.63, 3.8) is 0 Å². The van der Waals surface area contributed by atoms with Crippen molar-refractivity contribution < 1.29 is 14.3 Å². The smallest absolute Gasteiger partial charge is 0.354 e. The summed E-state index contributed by atoms with van der Waals surface area (Å²) in [6, 6.07) is 0. The number of ether oxygens (including phenoxy) is 2. The van der Waals surface area contributed by atoms with Gasteiger partial charge in [0.1, 0.15) is 10.7 Å². The first-order valence-electron chi connectivity index (χ1n) is 4.75. The van der Waals surface area contributed by atoms with E-state index in [9.17, 15) is 4.79 Å². The highest BCUT2D eigenvalue weighted by Crippen LogP contribution is 2.16. The van der Waals surface area contributed by atoms with Crippen LogP contribution in [-0.2, 0) is 20.9 Å². The van der Waals surface area contributed by atoms with Gasteiger partial charge < -0.3 is 15.2 Å². The molecule has 0 atom stereocenters. The summed E-state index contributed by atoms with van der Waals surface area (Å²) < 4.78 is 9.69. The van der Waals surface area contributed by atoms with Crippen LogP contribution < -0.4 is 5.73 Å². The predicted molar refractivity (Wildman–Crippen MR) is 61.6 cm³/mol. The van der Waals surface area contributed by atoms with Crippen LogP contribution in [-0.4, -0.2) is 24.7 Å². The van der Waals surface area contributed by atoms with Crippen molar-refractivity contribution in [3.05, 3.63) is 21.8 Å². The Hall–Kier alpha value is -1.40. The largest absolute Gasteiger partial charge is 0.461 e. The second kappa shape index (κ2) is 6.24. The zero-order valence-electron chi connectivity index (χ0n) is 9.23. The number of esters is 1. The fraction of sp³-hybridized carbons (Fsp3) is 0.400. The van der Waals surface area contributed by atoms with Gasteiger partial charge in [0.25, 0.3) is 0 Å². The summed E-state index contributed by atoms with van der Waals surface area (Å²) >= 11 is 1.42. The average Bonchev–Trinajstić information content (AvgIpc) is 2.66. The maximum atomic E-state index is 11.2. The third kappa shape index (κ3) is 3.63. The lowest BCUT2D eigenvalue weighted by Gasteiger charge is -1.99. The number of thiazole rings is 1. The molecule has 0 aliphatic rings. The van der Waals surface area contributed by atoms with E-state index >= 15 is 0 Å². The molecule has 0 amide bonds. The van der Waals surface area contributed by atoms with Crippen molar-refractivity contribution in [1.29, 1.82) is 0 Å². The monoisotopic (exact) mass is 242 g/mol. The van der Waals surface area contributed by atoms with Gasteiger partial charge in [-0.15, -0.1) is 11.3 Å². The van der Waals surface area contributed by atoms with Gasteiger partial charge in [-0.1, -0.05) is 0 Å². The van der Waals surface area contributed by atoms with Crippen molar-refractivity contribution in [2.75, 3.05) is 13.7 Å². The summed E-state index contributed by atoms with van der Waals surface area (Å²) in [5.74, 6) is -0.510. The summed E-state index contributed by atoms with van der Waals surface area (Å²) in [6.07, 6.45) is 3.19. The molecule has 1 aromatic rings. The van der Waals surface area contributed by atoms with Gasteiger partial charge in [0, 0.05) is 18.2 Å². The van der Waals surface area contributed by atoms with E-state index in [1.807, 2.05) is 0 Å². The molecule has 88 valence electrons. The maximum absolute atomic E-state index is 11.2. The molecule has 1 aromatic heterocycles. The molecule has 0 spiro atoms. The first-order valence-corrected chi connectivity index (χ1v) is 5.57. The maximum Gasteiger partial charge on any atom is 0.354 e. The fourth-order valence-corrected chi connectivity index (χ4v) is 1.85. The van der Waals surface area contributed by atoms with Crippen LogP contribution >= 0.6 is 11.3 Å². The first-order chi connectivity index (χ1) is 7.67. The molecule has 0 aromatic carbocycles. The Morgan fingerprint density at radius 2 is 2.44 bits per heavy atom. The van der Waals surface area contributed by atoms with E-state index in [4.69, 9.17) is 15.2 Å². The molecule has 0 fully saturated rings. The highest BCUT2D eigenvalue weighted by Gasteiger charge is 2.07. The fourth-order valence-electron chi connectivity index (χ4n) is 1.01. The standard InChI is InChI=1S/C10H14N2O3S/c1-3-15-10(13)8(11)4-7-5-12-9(16-7)6-14-2/h4-5H,3,6,11H2,1-2H3/b8-4-. The van der Waals surface area contributed by atoms with Gasteiger partial charge in [0.15, 0.2) is 0 Å². The van der Waals surface area contributed by atoms with Crippen molar-refractivity contribution >= 4 is 23.4 Å². The Balaban J connectivity index is 2.69. The third-order valence-electron chi connectivity index (χ3n) is 1.65. The van der Waals surface area contributed by atoms with Crippen molar-refractivity contribution in [2.45, 2.75) is 13.5 Å². The number of nitrogens with two attached hydrogens (primary N) is 1. The molecule has 0 aliphatic carbocycles. The number of rotatable bonds is 5. The Morgan fingerprint density at radius 3 is 3.06 bits per heavy atom. The summed E-state index contributed by atoms with van der Waals surface area (Å²) in [5, 5.41) is 0.838. The topological polar surface area (TPSA) is 74.4 Å². The lowest BCUT2D eigenvalue weighted by molar-refractivity contribution is -0.138. The lowest BCUT2D eigenvalue weighted by Crippen LogP contribution is -2.14. The van der Waals surface area contributed by atoms with E-state index in [1.165, 1.54) is 11.3 Å². The molecule has 0 saturated heterocycles. The normalized spacial score (nSPS) is 11.5. The zero-order chi connectivity index (χ0) is 12.0. The Kier molecular flexibility index (Phi) is 4.94. The van der Waals surface area contributed by atoms with Crippen LogP contribution in [0.5, 0.6) is 0 Å². The molecule has 1 rings (SSSR count). The number of methoxy groups -OCH3 is 1. The molecule has 0 radical (unpaired) electrons. The Labute approximate surface area is 97.9 Å². The van der Waals surface area contributed by atoms with Crippen LogP contribution in [0.15, 0.2) is 11.9 Å². The van der Waals surface area contributed by atoms with Gasteiger partial charge in [-0.3, -0.25) is 0 Å². The molecule has 2 N–H and O–H groups in total. The molecule has 0 bridgehead atoms. The SMILES string of the molecule is CCOC(=O)/C(N)=C/c1cnc(COC)s1.